The summed E-state index contributed by atoms with van der Waals surface area (Å²) in [6, 6.07) is -0.465. The van der Waals surface area contributed by atoms with Crippen molar-refractivity contribution in [2.75, 3.05) is 20.1 Å². The Morgan fingerprint density at radius 2 is 2.26 bits per heavy atom. The molecular weight excluding hydrogens is 244 g/mol. The maximum absolute atomic E-state index is 11.4. The first kappa shape index (κ1) is 12.6. The highest BCUT2D eigenvalue weighted by Crippen LogP contribution is 2.27. The second-order valence-corrected chi connectivity index (χ2v) is 5.77. The van der Waals surface area contributed by atoms with Gasteiger partial charge in [-0.3, -0.25) is 0 Å². The number of carboxylic acid groups (broad SMARTS) is 1. The van der Waals surface area contributed by atoms with Crippen molar-refractivity contribution in [3.05, 3.63) is 11.6 Å². The molecule has 1 aromatic heterocycles. The molecule has 1 saturated heterocycles. The van der Waals surface area contributed by atoms with E-state index in [0.29, 0.717) is 12.3 Å². The molecule has 6 heteroatoms. The van der Waals surface area contributed by atoms with E-state index in [2.05, 4.69) is 22.1 Å². The van der Waals surface area contributed by atoms with E-state index in [1.807, 2.05) is 4.57 Å². The monoisotopic (exact) mass is 264 g/mol. The Balaban J connectivity index is 1.83. The molecule has 6 nitrogen and oxygen atoms in total. The highest BCUT2D eigenvalue weighted by atomic mass is 16.4. The number of aliphatic carboxylic acids is 1. The molecule has 0 spiro atoms. The third-order valence-corrected chi connectivity index (χ3v) is 4.27. The zero-order chi connectivity index (χ0) is 13.4. The molecule has 0 radical (unpaired) electrons. The van der Waals surface area contributed by atoms with Gasteiger partial charge in [-0.25, -0.2) is 4.79 Å². The first-order valence-electron chi connectivity index (χ1n) is 6.99. The minimum Gasteiger partial charge on any atom is -0.480 e. The Morgan fingerprint density at radius 3 is 2.95 bits per heavy atom. The molecular formula is C13H20N4O2. The molecule has 3 heterocycles. The summed E-state index contributed by atoms with van der Waals surface area (Å²) in [5.41, 5.74) is 0. The third-order valence-electron chi connectivity index (χ3n) is 4.27. The summed E-state index contributed by atoms with van der Waals surface area (Å²) in [6.07, 6.45) is 4.44. The maximum atomic E-state index is 11.4. The van der Waals surface area contributed by atoms with Gasteiger partial charge in [0.15, 0.2) is 0 Å². The number of nitrogens with zero attached hydrogens (tertiary/aromatic N) is 4. The number of hydrogen-bond donors (Lipinski definition) is 1. The highest BCUT2D eigenvalue weighted by molar-refractivity contribution is 5.72. The number of likely N-dealkylation sites (tertiary alicyclic amines) is 1. The van der Waals surface area contributed by atoms with Gasteiger partial charge in [-0.15, -0.1) is 10.2 Å². The lowest BCUT2D eigenvalue weighted by Crippen LogP contribution is -2.27. The zero-order valence-electron chi connectivity index (χ0n) is 11.2. The molecule has 0 aromatic carbocycles. The molecule has 1 fully saturated rings. The Labute approximate surface area is 112 Å². The summed E-state index contributed by atoms with van der Waals surface area (Å²) >= 11 is 0. The summed E-state index contributed by atoms with van der Waals surface area (Å²) in [4.78, 5) is 13.7. The van der Waals surface area contributed by atoms with Crippen LogP contribution in [-0.4, -0.2) is 50.9 Å². The lowest BCUT2D eigenvalue weighted by molar-refractivity contribution is -0.141. The predicted molar refractivity (Wildman–Crippen MR) is 68.9 cm³/mol. The molecule has 0 saturated carbocycles. The van der Waals surface area contributed by atoms with Crippen molar-refractivity contribution in [2.45, 2.75) is 38.1 Å². The smallest absolute Gasteiger partial charge is 0.326 e. The molecule has 2 unspecified atom stereocenters. The Hall–Kier alpha value is -1.43. The van der Waals surface area contributed by atoms with E-state index >= 15 is 0 Å². The van der Waals surface area contributed by atoms with Crippen LogP contribution < -0.4 is 0 Å². The van der Waals surface area contributed by atoms with Gasteiger partial charge in [0.1, 0.15) is 17.7 Å². The van der Waals surface area contributed by atoms with Crippen LogP contribution in [0.25, 0.3) is 0 Å². The quantitative estimate of drug-likeness (QED) is 0.871. The van der Waals surface area contributed by atoms with E-state index in [1.165, 1.54) is 0 Å². The maximum Gasteiger partial charge on any atom is 0.326 e. The van der Waals surface area contributed by atoms with Crippen molar-refractivity contribution in [2.24, 2.45) is 5.92 Å². The van der Waals surface area contributed by atoms with Gasteiger partial charge < -0.3 is 14.6 Å². The fourth-order valence-corrected chi connectivity index (χ4v) is 3.30. The highest BCUT2D eigenvalue weighted by Gasteiger charge is 2.31. The van der Waals surface area contributed by atoms with Crippen LogP contribution in [0.1, 0.15) is 37.0 Å². The molecule has 0 aliphatic carbocycles. The van der Waals surface area contributed by atoms with Crippen molar-refractivity contribution in [1.82, 2.24) is 19.7 Å². The van der Waals surface area contributed by atoms with E-state index in [9.17, 15) is 9.90 Å². The topological polar surface area (TPSA) is 71.2 Å². The van der Waals surface area contributed by atoms with Gasteiger partial charge in [0.2, 0.25) is 0 Å². The first-order valence-corrected chi connectivity index (χ1v) is 6.99. The number of rotatable bonds is 3. The van der Waals surface area contributed by atoms with Crippen molar-refractivity contribution in [1.29, 1.82) is 0 Å². The minimum absolute atomic E-state index is 0.465. The van der Waals surface area contributed by atoms with E-state index in [0.717, 1.165) is 50.4 Å². The van der Waals surface area contributed by atoms with Crippen LogP contribution in [0.5, 0.6) is 0 Å². The van der Waals surface area contributed by atoms with Gasteiger partial charge >= 0.3 is 5.97 Å². The van der Waals surface area contributed by atoms with Crippen molar-refractivity contribution < 1.29 is 9.90 Å². The van der Waals surface area contributed by atoms with Crippen LogP contribution in [0.3, 0.4) is 0 Å². The van der Waals surface area contributed by atoms with Crippen molar-refractivity contribution in [3.8, 4) is 0 Å². The van der Waals surface area contributed by atoms with Gasteiger partial charge in [-0.1, -0.05) is 0 Å². The lowest BCUT2D eigenvalue weighted by Gasteiger charge is -2.23. The van der Waals surface area contributed by atoms with Crippen LogP contribution in [0.2, 0.25) is 0 Å². The molecule has 2 aliphatic rings. The third kappa shape index (κ3) is 2.36. The predicted octanol–water partition coefficient (Wildman–Crippen LogP) is 0.734. The second kappa shape index (κ2) is 4.92. The number of carbonyl (C=O) groups is 1. The molecule has 1 aromatic rings. The summed E-state index contributed by atoms with van der Waals surface area (Å²) in [5, 5.41) is 17.8. The summed E-state index contributed by atoms with van der Waals surface area (Å²) in [7, 11) is 2.12. The van der Waals surface area contributed by atoms with E-state index < -0.39 is 12.0 Å². The molecule has 2 atom stereocenters. The van der Waals surface area contributed by atoms with Gasteiger partial charge in [0.05, 0.1) is 0 Å². The molecule has 0 amide bonds. The van der Waals surface area contributed by atoms with E-state index in [1.54, 1.807) is 0 Å². The molecule has 104 valence electrons. The van der Waals surface area contributed by atoms with E-state index in [4.69, 9.17) is 0 Å². The number of aryl methyl sites for hydroxylation is 1. The van der Waals surface area contributed by atoms with Crippen molar-refractivity contribution >= 4 is 5.97 Å². The standard InChI is InChI=1S/C13H20N4O2/c1-16-6-5-9(8-16)7-12-15-14-11-4-2-3-10(13(18)19)17(11)12/h9-10H,2-8H2,1H3,(H,18,19). The SMILES string of the molecule is CN1CCC(Cc2nnc3n2C(C(=O)O)CCC3)C1. The van der Waals surface area contributed by atoms with Crippen molar-refractivity contribution in [3.63, 3.8) is 0 Å². The largest absolute Gasteiger partial charge is 0.480 e. The minimum atomic E-state index is -0.759. The first-order chi connectivity index (χ1) is 9.15. The average Bonchev–Trinajstić information content (AvgIpc) is 2.97. The van der Waals surface area contributed by atoms with Gasteiger partial charge in [-0.2, -0.15) is 0 Å². The van der Waals surface area contributed by atoms with Gasteiger partial charge in [-0.05, 0) is 38.8 Å². The lowest BCUT2D eigenvalue weighted by atomic mass is 10.0. The normalized spacial score (nSPS) is 27.4. The molecule has 1 N–H and O–H groups in total. The van der Waals surface area contributed by atoms with Crippen LogP contribution in [0, 0.1) is 5.92 Å². The van der Waals surface area contributed by atoms with Crippen LogP contribution in [0.15, 0.2) is 0 Å². The summed E-state index contributed by atoms with van der Waals surface area (Å²) in [6.45, 7) is 2.19. The summed E-state index contributed by atoms with van der Waals surface area (Å²) < 4.78 is 1.88. The second-order valence-electron chi connectivity index (χ2n) is 5.77. The Morgan fingerprint density at radius 1 is 1.42 bits per heavy atom. The average molecular weight is 264 g/mol. The summed E-state index contributed by atoms with van der Waals surface area (Å²) in [5.74, 6) is 1.53. The molecule has 2 aliphatic heterocycles. The number of fused-ring (bicyclic) bond motifs is 1. The fraction of sp³-hybridized carbons (Fsp3) is 0.769. The molecule has 0 bridgehead atoms. The molecule has 3 rings (SSSR count). The van der Waals surface area contributed by atoms with Gasteiger partial charge in [0.25, 0.3) is 0 Å². The number of hydrogen-bond acceptors (Lipinski definition) is 4. The van der Waals surface area contributed by atoms with E-state index in [-0.39, 0.29) is 0 Å². The Kier molecular flexibility index (Phi) is 3.26. The molecule has 19 heavy (non-hydrogen) atoms. The fourth-order valence-electron chi connectivity index (χ4n) is 3.30. The number of carboxylic acids is 1. The number of aromatic nitrogens is 3. The Bertz CT molecular complexity index is 485. The van der Waals surface area contributed by atoms with Crippen LogP contribution in [0.4, 0.5) is 0 Å². The van der Waals surface area contributed by atoms with Crippen LogP contribution in [-0.2, 0) is 17.6 Å². The van der Waals surface area contributed by atoms with Crippen LogP contribution >= 0.6 is 0 Å². The zero-order valence-corrected chi connectivity index (χ0v) is 11.2. The van der Waals surface area contributed by atoms with Gasteiger partial charge in [0, 0.05) is 19.4 Å².